The van der Waals surface area contributed by atoms with Gasteiger partial charge in [0, 0.05) is 12.6 Å². The molecule has 1 rings (SSSR count). The molecule has 1 aromatic heterocycles. The lowest BCUT2D eigenvalue weighted by atomic mass is 10.3. The summed E-state index contributed by atoms with van der Waals surface area (Å²) in [6, 6.07) is 0. The lowest BCUT2D eigenvalue weighted by Gasteiger charge is -2.12. The molecule has 0 aliphatic carbocycles. The zero-order valence-electron chi connectivity index (χ0n) is 8.04. The predicted molar refractivity (Wildman–Crippen MR) is 49.9 cm³/mol. The molecule has 0 aromatic carbocycles. The highest BCUT2D eigenvalue weighted by Gasteiger charge is 2.07. The number of nitrogens with zero attached hydrogens (tertiary/aromatic N) is 2. The van der Waals surface area contributed by atoms with E-state index in [4.69, 9.17) is 5.73 Å². The van der Waals surface area contributed by atoms with Crippen molar-refractivity contribution in [3.8, 4) is 0 Å². The van der Waals surface area contributed by atoms with E-state index in [-0.39, 0.29) is 6.17 Å². The monoisotopic (exact) mass is 167 g/mol. The second kappa shape index (κ2) is 3.72. The topological polar surface area (TPSA) is 43.8 Å². The van der Waals surface area contributed by atoms with Gasteiger partial charge in [-0.2, -0.15) is 0 Å². The molecule has 1 aromatic rings. The zero-order valence-corrected chi connectivity index (χ0v) is 8.04. The normalized spacial score (nSPS) is 13.3. The third kappa shape index (κ3) is 1.67. The first-order valence-corrected chi connectivity index (χ1v) is 4.49. The van der Waals surface area contributed by atoms with Gasteiger partial charge >= 0.3 is 0 Å². The molecule has 3 heteroatoms. The second-order valence-electron chi connectivity index (χ2n) is 3.03. The summed E-state index contributed by atoms with van der Waals surface area (Å²) in [7, 11) is 0. The third-order valence-electron chi connectivity index (χ3n) is 2.02. The Labute approximate surface area is 73.6 Å². The van der Waals surface area contributed by atoms with Gasteiger partial charge in [-0.3, -0.25) is 0 Å². The molecule has 3 nitrogen and oxygen atoms in total. The van der Waals surface area contributed by atoms with E-state index in [9.17, 15) is 0 Å². The van der Waals surface area contributed by atoms with E-state index in [1.165, 1.54) is 0 Å². The summed E-state index contributed by atoms with van der Waals surface area (Å²) in [6.07, 6.45) is 4.00. The van der Waals surface area contributed by atoms with Crippen LogP contribution in [0.1, 0.15) is 38.0 Å². The minimum atomic E-state index is 0.0844. The van der Waals surface area contributed by atoms with Crippen molar-refractivity contribution in [2.45, 2.75) is 39.8 Å². The molecule has 0 spiro atoms. The molecule has 0 amide bonds. The molecule has 2 N–H and O–H groups in total. The van der Waals surface area contributed by atoms with E-state index in [0.29, 0.717) is 0 Å². The van der Waals surface area contributed by atoms with Crippen LogP contribution in [0.15, 0.2) is 6.20 Å². The Hall–Kier alpha value is -0.830. The number of imidazole rings is 1. The fourth-order valence-corrected chi connectivity index (χ4v) is 1.31. The maximum Gasteiger partial charge on any atom is 0.109 e. The maximum atomic E-state index is 5.91. The molecule has 68 valence electrons. The Morgan fingerprint density at radius 1 is 1.58 bits per heavy atom. The summed E-state index contributed by atoms with van der Waals surface area (Å²) in [5.74, 6) is 1.09. The molecule has 0 saturated carbocycles. The van der Waals surface area contributed by atoms with Gasteiger partial charge in [0.25, 0.3) is 0 Å². The summed E-state index contributed by atoms with van der Waals surface area (Å²) < 4.78 is 2.06. The summed E-state index contributed by atoms with van der Waals surface area (Å²) >= 11 is 0. The van der Waals surface area contributed by atoms with Crippen LogP contribution in [-0.4, -0.2) is 9.55 Å². The van der Waals surface area contributed by atoms with Crippen molar-refractivity contribution in [3.05, 3.63) is 17.7 Å². The van der Waals surface area contributed by atoms with Crippen molar-refractivity contribution >= 4 is 0 Å². The number of hydrogen-bond acceptors (Lipinski definition) is 2. The van der Waals surface area contributed by atoms with E-state index in [2.05, 4.69) is 23.4 Å². The smallest absolute Gasteiger partial charge is 0.109 e. The van der Waals surface area contributed by atoms with Gasteiger partial charge in [-0.05, 0) is 13.3 Å². The van der Waals surface area contributed by atoms with Crippen LogP contribution in [0, 0.1) is 6.92 Å². The van der Waals surface area contributed by atoms with Crippen molar-refractivity contribution in [1.82, 2.24) is 9.55 Å². The first kappa shape index (κ1) is 9.26. The number of hydrogen-bond donors (Lipinski definition) is 1. The van der Waals surface area contributed by atoms with Gasteiger partial charge in [0.05, 0.1) is 11.9 Å². The van der Waals surface area contributed by atoms with Crippen molar-refractivity contribution in [1.29, 1.82) is 0 Å². The van der Waals surface area contributed by atoms with Crippen LogP contribution < -0.4 is 5.73 Å². The maximum absolute atomic E-state index is 5.91. The minimum Gasteiger partial charge on any atom is -0.319 e. The molecular weight excluding hydrogens is 150 g/mol. The van der Waals surface area contributed by atoms with Crippen molar-refractivity contribution in [3.63, 3.8) is 0 Å². The van der Waals surface area contributed by atoms with Crippen LogP contribution >= 0.6 is 0 Å². The molecule has 1 atom stereocenters. The summed E-state index contributed by atoms with van der Waals surface area (Å²) in [6.45, 7) is 6.18. The standard InChI is InChI=1S/C9H17N3/c1-4-8(10)12-6-7(3)11-9(12)5-2/h6,8H,4-5,10H2,1-3H3. The van der Waals surface area contributed by atoms with Gasteiger partial charge < -0.3 is 10.3 Å². The van der Waals surface area contributed by atoms with Crippen LogP contribution in [0.25, 0.3) is 0 Å². The number of rotatable bonds is 3. The Morgan fingerprint density at radius 3 is 2.75 bits per heavy atom. The summed E-state index contributed by atoms with van der Waals surface area (Å²) in [5, 5.41) is 0. The molecule has 0 radical (unpaired) electrons. The van der Waals surface area contributed by atoms with E-state index >= 15 is 0 Å². The van der Waals surface area contributed by atoms with Gasteiger partial charge in [-0.15, -0.1) is 0 Å². The lowest BCUT2D eigenvalue weighted by Crippen LogP contribution is -2.18. The molecule has 0 fully saturated rings. The van der Waals surface area contributed by atoms with Gasteiger partial charge in [-0.1, -0.05) is 13.8 Å². The SMILES string of the molecule is CCc1nc(C)cn1C(N)CC. The molecule has 12 heavy (non-hydrogen) atoms. The van der Waals surface area contributed by atoms with E-state index < -0.39 is 0 Å². The largest absolute Gasteiger partial charge is 0.319 e. The highest BCUT2D eigenvalue weighted by atomic mass is 15.2. The predicted octanol–water partition coefficient (Wildman–Crippen LogP) is 1.62. The van der Waals surface area contributed by atoms with Crippen LogP contribution in [-0.2, 0) is 6.42 Å². The first-order chi connectivity index (χ1) is 5.69. The van der Waals surface area contributed by atoms with Crippen LogP contribution in [0.5, 0.6) is 0 Å². The average molecular weight is 167 g/mol. The Bertz CT molecular complexity index is 252. The molecule has 1 heterocycles. The van der Waals surface area contributed by atoms with Crippen LogP contribution in [0.4, 0.5) is 0 Å². The molecule has 0 aliphatic rings. The molecule has 0 saturated heterocycles. The fraction of sp³-hybridized carbons (Fsp3) is 0.667. The first-order valence-electron chi connectivity index (χ1n) is 4.49. The summed E-state index contributed by atoms with van der Waals surface area (Å²) in [4.78, 5) is 4.38. The average Bonchev–Trinajstić information content (AvgIpc) is 2.45. The highest BCUT2D eigenvalue weighted by Crippen LogP contribution is 2.10. The molecule has 0 bridgehead atoms. The van der Waals surface area contributed by atoms with Gasteiger partial charge in [0.15, 0.2) is 0 Å². The van der Waals surface area contributed by atoms with E-state index in [1.807, 2.05) is 13.1 Å². The zero-order chi connectivity index (χ0) is 9.14. The Kier molecular flexibility index (Phi) is 2.87. The third-order valence-corrected chi connectivity index (χ3v) is 2.02. The molecule has 1 unspecified atom stereocenters. The lowest BCUT2D eigenvalue weighted by molar-refractivity contribution is 0.487. The Balaban J connectivity index is 2.96. The van der Waals surface area contributed by atoms with Gasteiger partial charge in [-0.25, -0.2) is 4.98 Å². The highest BCUT2D eigenvalue weighted by molar-refractivity contribution is 5.03. The van der Waals surface area contributed by atoms with Gasteiger partial charge in [0.2, 0.25) is 0 Å². The minimum absolute atomic E-state index is 0.0844. The van der Waals surface area contributed by atoms with Crippen molar-refractivity contribution in [2.24, 2.45) is 5.73 Å². The van der Waals surface area contributed by atoms with E-state index in [0.717, 1.165) is 24.4 Å². The molecular formula is C9H17N3. The van der Waals surface area contributed by atoms with E-state index in [1.54, 1.807) is 0 Å². The quantitative estimate of drug-likeness (QED) is 0.743. The number of nitrogens with two attached hydrogens (primary N) is 1. The van der Waals surface area contributed by atoms with Crippen LogP contribution in [0.2, 0.25) is 0 Å². The second-order valence-corrected chi connectivity index (χ2v) is 3.03. The Morgan fingerprint density at radius 2 is 2.25 bits per heavy atom. The van der Waals surface area contributed by atoms with Crippen molar-refractivity contribution < 1.29 is 0 Å². The van der Waals surface area contributed by atoms with Crippen molar-refractivity contribution in [2.75, 3.05) is 0 Å². The number of aryl methyl sites for hydroxylation is 2. The van der Waals surface area contributed by atoms with Crippen LogP contribution in [0.3, 0.4) is 0 Å². The van der Waals surface area contributed by atoms with Gasteiger partial charge in [0.1, 0.15) is 5.82 Å². The summed E-state index contributed by atoms with van der Waals surface area (Å²) in [5.41, 5.74) is 6.96. The fourth-order valence-electron chi connectivity index (χ4n) is 1.31. The number of aromatic nitrogens is 2. The molecule has 0 aliphatic heterocycles.